The Morgan fingerprint density at radius 3 is 2.53 bits per heavy atom. The fraction of sp³-hybridized carbons (Fsp3) is 0.345. The quantitative estimate of drug-likeness (QED) is 0.372. The zero-order valence-corrected chi connectivity index (χ0v) is 19.6. The van der Waals surface area contributed by atoms with Crippen LogP contribution in [-0.4, -0.2) is 20.2 Å². The molecule has 1 fully saturated rings. The van der Waals surface area contributed by atoms with Crippen molar-refractivity contribution in [3.05, 3.63) is 83.2 Å². The first-order valence-electron chi connectivity index (χ1n) is 11.9. The van der Waals surface area contributed by atoms with Gasteiger partial charge < -0.3 is 14.2 Å². The van der Waals surface area contributed by atoms with Crippen LogP contribution in [0.5, 0.6) is 11.5 Å². The first-order valence-corrected chi connectivity index (χ1v) is 11.9. The van der Waals surface area contributed by atoms with Crippen LogP contribution in [-0.2, 0) is 16.0 Å². The van der Waals surface area contributed by atoms with Crippen molar-refractivity contribution in [1.29, 1.82) is 0 Å². The minimum Gasteiger partial charge on any atom is -0.497 e. The van der Waals surface area contributed by atoms with Gasteiger partial charge in [-0.05, 0) is 84.0 Å². The number of benzene rings is 3. The van der Waals surface area contributed by atoms with Crippen LogP contribution >= 0.6 is 0 Å². The number of ether oxygens (including phenoxy) is 3. The van der Waals surface area contributed by atoms with Crippen LogP contribution in [0.4, 0.5) is 4.39 Å². The lowest BCUT2D eigenvalue weighted by atomic mass is 9.88. The van der Waals surface area contributed by atoms with E-state index in [-0.39, 0.29) is 23.8 Å². The first kappa shape index (κ1) is 22.5. The van der Waals surface area contributed by atoms with Crippen LogP contribution in [0.25, 0.3) is 11.1 Å². The number of fused-ring (bicyclic) bond motifs is 1. The molecular formula is C29H29FO4. The highest BCUT2D eigenvalue weighted by Gasteiger charge is 2.35. The highest BCUT2D eigenvalue weighted by molar-refractivity contribution is 5.70. The Balaban J connectivity index is 1.35. The van der Waals surface area contributed by atoms with Gasteiger partial charge in [-0.3, -0.25) is 4.79 Å². The molecule has 1 aliphatic heterocycles. The zero-order valence-electron chi connectivity index (χ0n) is 19.6. The second-order valence-electron chi connectivity index (χ2n) is 9.20. The van der Waals surface area contributed by atoms with E-state index in [2.05, 4.69) is 18.2 Å². The van der Waals surface area contributed by atoms with Gasteiger partial charge in [-0.15, -0.1) is 0 Å². The molecule has 3 aromatic carbocycles. The monoisotopic (exact) mass is 460 g/mol. The van der Waals surface area contributed by atoms with Crippen LogP contribution in [0.1, 0.15) is 54.4 Å². The molecule has 0 bridgehead atoms. The highest BCUT2D eigenvalue weighted by atomic mass is 19.1. The van der Waals surface area contributed by atoms with E-state index < -0.39 is 0 Å². The van der Waals surface area contributed by atoms with E-state index in [1.807, 2.05) is 24.3 Å². The molecule has 5 rings (SSSR count). The van der Waals surface area contributed by atoms with Crippen molar-refractivity contribution in [2.45, 2.75) is 44.1 Å². The number of hydrogen-bond donors (Lipinski definition) is 0. The maximum absolute atomic E-state index is 14.4. The van der Waals surface area contributed by atoms with Crippen LogP contribution in [0.15, 0.2) is 60.7 Å². The standard InChI is InChI=1S/C29H29FO4/c1-32-23-12-13-26(30)25(16-23)19-5-7-20(8-6-19)27-14-11-21-9-10-22(15-28(21)34-27)24(18-3-4-18)17-29(31)33-2/h5-10,12-13,15-16,18,24,27H,3-4,11,14,17H2,1-2H3. The number of carbonyl (C=O) groups excluding carboxylic acids is 1. The van der Waals surface area contributed by atoms with Gasteiger partial charge in [-0.25, -0.2) is 4.39 Å². The highest BCUT2D eigenvalue weighted by Crippen LogP contribution is 2.46. The van der Waals surface area contributed by atoms with Crippen molar-refractivity contribution in [1.82, 2.24) is 0 Å². The van der Waals surface area contributed by atoms with E-state index >= 15 is 0 Å². The first-order chi connectivity index (χ1) is 16.6. The number of hydrogen-bond acceptors (Lipinski definition) is 4. The van der Waals surface area contributed by atoms with E-state index in [0.717, 1.165) is 48.1 Å². The second kappa shape index (κ2) is 9.49. The molecule has 0 saturated heterocycles. The summed E-state index contributed by atoms with van der Waals surface area (Å²) in [5, 5.41) is 0. The van der Waals surface area contributed by atoms with E-state index in [1.54, 1.807) is 19.2 Å². The average Bonchev–Trinajstić information content (AvgIpc) is 3.72. The van der Waals surface area contributed by atoms with Gasteiger partial charge in [0.05, 0.1) is 20.6 Å². The molecule has 34 heavy (non-hydrogen) atoms. The molecule has 176 valence electrons. The summed E-state index contributed by atoms with van der Waals surface area (Å²) in [7, 11) is 3.02. The van der Waals surface area contributed by atoms with Crippen LogP contribution < -0.4 is 9.47 Å². The molecule has 2 aliphatic rings. The predicted molar refractivity (Wildman–Crippen MR) is 129 cm³/mol. The van der Waals surface area contributed by atoms with Crippen LogP contribution in [0.2, 0.25) is 0 Å². The van der Waals surface area contributed by atoms with Crippen molar-refractivity contribution in [2.75, 3.05) is 14.2 Å². The summed E-state index contributed by atoms with van der Waals surface area (Å²) in [5.74, 6) is 1.80. The molecule has 0 spiro atoms. The smallest absolute Gasteiger partial charge is 0.306 e. The minimum atomic E-state index is -0.277. The Labute approximate surface area is 199 Å². The van der Waals surface area contributed by atoms with Crippen LogP contribution in [0, 0.1) is 11.7 Å². The molecule has 5 heteroatoms. The van der Waals surface area contributed by atoms with Gasteiger partial charge in [0.25, 0.3) is 0 Å². The average molecular weight is 461 g/mol. The summed E-state index contributed by atoms with van der Waals surface area (Å²) in [5.41, 5.74) is 4.73. The number of aryl methyl sites for hydroxylation is 1. The molecule has 0 aromatic heterocycles. The molecule has 1 heterocycles. The van der Waals surface area contributed by atoms with Gasteiger partial charge in [-0.1, -0.05) is 36.4 Å². The number of esters is 1. The van der Waals surface area contributed by atoms with E-state index in [0.29, 0.717) is 23.7 Å². The Kier molecular flexibility index (Phi) is 6.27. The number of halogens is 1. The summed E-state index contributed by atoms with van der Waals surface area (Å²) >= 11 is 0. The molecule has 1 aliphatic carbocycles. The van der Waals surface area contributed by atoms with Crippen molar-refractivity contribution in [3.8, 4) is 22.6 Å². The Bertz CT molecular complexity index is 1180. The zero-order chi connectivity index (χ0) is 23.7. The lowest BCUT2D eigenvalue weighted by Gasteiger charge is -2.28. The summed E-state index contributed by atoms with van der Waals surface area (Å²) in [6.45, 7) is 0. The maximum atomic E-state index is 14.4. The van der Waals surface area contributed by atoms with E-state index in [4.69, 9.17) is 14.2 Å². The fourth-order valence-corrected chi connectivity index (χ4v) is 4.90. The Morgan fingerprint density at radius 2 is 1.82 bits per heavy atom. The maximum Gasteiger partial charge on any atom is 0.306 e. The molecule has 0 radical (unpaired) electrons. The molecule has 2 unspecified atom stereocenters. The lowest BCUT2D eigenvalue weighted by molar-refractivity contribution is -0.141. The van der Waals surface area contributed by atoms with Gasteiger partial charge in [0.1, 0.15) is 23.4 Å². The predicted octanol–water partition coefficient (Wildman–Crippen LogP) is 6.62. The van der Waals surface area contributed by atoms with Crippen molar-refractivity contribution in [2.24, 2.45) is 5.92 Å². The molecule has 4 nitrogen and oxygen atoms in total. The number of methoxy groups -OCH3 is 2. The third-order valence-corrected chi connectivity index (χ3v) is 7.04. The lowest BCUT2D eigenvalue weighted by Crippen LogP contribution is -2.16. The fourth-order valence-electron chi connectivity index (χ4n) is 4.90. The summed E-state index contributed by atoms with van der Waals surface area (Å²) in [6.07, 6.45) is 4.47. The summed E-state index contributed by atoms with van der Waals surface area (Å²) < 4.78 is 31.0. The third-order valence-electron chi connectivity index (χ3n) is 7.04. The number of rotatable bonds is 7. The van der Waals surface area contributed by atoms with Crippen molar-refractivity contribution in [3.63, 3.8) is 0 Å². The van der Waals surface area contributed by atoms with Gasteiger partial charge in [0.2, 0.25) is 0 Å². The Morgan fingerprint density at radius 1 is 1.03 bits per heavy atom. The molecule has 1 saturated carbocycles. The van der Waals surface area contributed by atoms with Gasteiger partial charge >= 0.3 is 5.97 Å². The van der Waals surface area contributed by atoms with Gasteiger partial charge in [-0.2, -0.15) is 0 Å². The van der Waals surface area contributed by atoms with Gasteiger partial charge in [0.15, 0.2) is 0 Å². The normalized spacial score (nSPS) is 17.9. The largest absolute Gasteiger partial charge is 0.497 e. The second-order valence-corrected chi connectivity index (χ2v) is 9.20. The third kappa shape index (κ3) is 4.65. The van der Waals surface area contributed by atoms with E-state index in [9.17, 15) is 9.18 Å². The van der Waals surface area contributed by atoms with Gasteiger partial charge in [0, 0.05) is 5.56 Å². The SMILES string of the molecule is COC(=O)CC(c1ccc2c(c1)OC(c1ccc(-c3cc(OC)ccc3F)cc1)CC2)C1CC1. The van der Waals surface area contributed by atoms with E-state index in [1.165, 1.54) is 18.7 Å². The molecule has 3 aromatic rings. The molecule has 0 amide bonds. The molecule has 2 atom stereocenters. The Hall–Kier alpha value is -3.34. The summed E-state index contributed by atoms with van der Waals surface area (Å²) in [4.78, 5) is 12.0. The molecule has 0 N–H and O–H groups in total. The molecular weight excluding hydrogens is 431 g/mol. The summed E-state index contributed by atoms with van der Waals surface area (Å²) in [6, 6.07) is 19.1. The topological polar surface area (TPSA) is 44.8 Å². The van der Waals surface area contributed by atoms with Crippen molar-refractivity contribution >= 4 is 5.97 Å². The minimum absolute atomic E-state index is 0.0630. The number of carbonyl (C=O) groups is 1. The van der Waals surface area contributed by atoms with Crippen molar-refractivity contribution < 1.29 is 23.4 Å². The van der Waals surface area contributed by atoms with Crippen LogP contribution in [0.3, 0.4) is 0 Å².